The van der Waals surface area contributed by atoms with Gasteiger partial charge in [0, 0.05) is 12.5 Å². The van der Waals surface area contributed by atoms with E-state index < -0.39 is 30.5 Å². The molecule has 3 fully saturated rings. The van der Waals surface area contributed by atoms with Crippen LogP contribution >= 0.6 is 0 Å². The van der Waals surface area contributed by atoms with Crippen molar-refractivity contribution in [1.82, 2.24) is 0 Å². The topological polar surface area (TPSA) is 9.23 Å². The van der Waals surface area contributed by atoms with Crippen LogP contribution in [0.2, 0.25) is 0 Å². The zero-order chi connectivity index (χ0) is 19.4. The zero-order valence-electron chi connectivity index (χ0n) is 17.2. The molecule has 3 saturated carbocycles. The summed E-state index contributed by atoms with van der Waals surface area (Å²) in [7, 11) is 0. The number of alkyl halides is 3. The summed E-state index contributed by atoms with van der Waals surface area (Å²) in [5.41, 5.74) is 0. The van der Waals surface area contributed by atoms with Crippen LogP contribution in [0.15, 0.2) is 0 Å². The van der Waals surface area contributed by atoms with Gasteiger partial charge in [0.2, 0.25) is 0 Å². The van der Waals surface area contributed by atoms with Crippen molar-refractivity contribution in [2.75, 3.05) is 6.61 Å². The molecular formula is C23H39F3O. The molecule has 0 aromatic rings. The molecule has 3 aliphatic carbocycles. The van der Waals surface area contributed by atoms with Gasteiger partial charge in [-0.2, -0.15) is 0 Å². The molecule has 0 saturated heterocycles. The Morgan fingerprint density at radius 3 is 2.15 bits per heavy atom. The number of fused-ring (bicyclic) bond motifs is 1. The SMILES string of the molecule is CCCCCC1CCC(C2CC3CCC(OCC)C(F)C3C(F)C2F)CC1. The van der Waals surface area contributed by atoms with E-state index >= 15 is 4.39 Å². The first-order valence-corrected chi connectivity index (χ1v) is 11.6. The number of halogens is 3. The largest absolute Gasteiger partial charge is 0.375 e. The number of hydrogen-bond donors (Lipinski definition) is 0. The average Bonchev–Trinajstić information content (AvgIpc) is 2.67. The van der Waals surface area contributed by atoms with Gasteiger partial charge in [-0.05, 0) is 62.7 Å². The Balaban J connectivity index is 1.55. The van der Waals surface area contributed by atoms with E-state index in [9.17, 15) is 8.78 Å². The van der Waals surface area contributed by atoms with Crippen molar-refractivity contribution in [1.29, 1.82) is 0 Å². The molecule has 7 unspecified atom stereocenters. The standard InChI is InChI=1S/C23H39F3O/c1-3-5-6-7-15-8-10-16(11-9-15)18-14-17-12-13-19(27-4-2)22(25)20(17)23(26)21(18)24/h15-23H,3-14H2,1-2H3. The van der Waals surface area contributed by atoms with Gasteiger partial charge in [-0.15, -0.1) is 0 Å². The van der Waals surface area contributed by atoms with Gasteiger partial charge >= 0.3 is 0 Å². The Morgan fingerprint density at radius 2 is 1.48 bits per heavy atom. The first-order chi connectivity index (χ1) is 13.1. The molecule has 3 rings (SSSR count). The van der Waals surface area contributed by atoms with Crippen molar-refractivity contribution < 1.29 is 17.9 Å². The summed E-state index contributed by atoms with van der Waals surface area (Å²) in [6.45, 7) is 4.49. The Kier molecular flexibility index (Phi) is 7.93. The highest BCUT2D eigenvalue weighted by Gasteiger charge is 2.54. The van der Waals surface area contributed by atoms with Crippen LogP contribution in [0.3, 0.4) is 0 Å². The molecule has 4 heteroatoms. The van der Waals surface area contributed by atoms with Crippen LogP contribution in [-0.4, -0.2) is 31.2 Å². The maximum Gasteiger partial charge on any atom is 0.137 e. The van der Waals surface area contributed by atoms with Crippen LogP contribution < -0.4 is 0 Å². The molecule has 0 heterocycles. The maximum absolute atomic E-state index is 15.0. The summed E-state index contributed by atoms with van der Waals surface area (Å²) in [5, 5.41) is 0. The molecule has 1 nitrogen and oxygen atoms in total. The highest BCUT2D eigenvalue weighted by atomic mass is 19.2. The lowest BCUT2D eigenvalue weighted by molar-refractivity contribution is -0.130. The van der Waals surface area contributed by atoms with Gasteiger partial charge < -0.3 is 4.74 Å². The van der Waals surface area contributed by atoms with Crippen LogP contribution in [0.1, 0.15) is 84.5 Å². The Bertz CT molecular complexity index is 435. The second-order valence-corrected chi connectivity index (χ2v) is 9.42. The van der Waals surface area contributed by atoms with Crippen LogP contribution in [0.4, 0.5) is 13.2 Å². The van der Waals surface area contributed by atoms with Gasteiger partial charge in [0.05, 0.1) is 6.10 Å². The second-order valence-electron chi connectivity index (χ2n) is 9.42. The summed E-state index contributed by atoms with van der Waals surface area (Å²) in [4.78, 5) is 0. The van der Waals surface area contributed by atoms with Gasteiger partial charge in [0.1, 0.15) is 18.5 Å². The Labute approximate surface area is 163 Å². The lowest BCUT2D eigenvalue weighted by atomic mass is 9.60. The van der Waals surface area contributed by atoms with Gasteiger partial charge in [-0.1, -0.05) is 45.4 Å². The lowest BCUT2D eigenvalue weighted by Gasteiger charge is -2.49. The van der Waals surface area contributed by atoms with E-state index in [0.717, 1.165) is 25.2 Å². The summed E-state index contributed by atoms with van der Waals surface area (Å²) in [5.74, 6) is 0.0659. The third kappa shape index (κ3) is 4.85. The van der Waals surface area contributed by atoms with Gasteiger partial charge in [0.25, 0.3) is 0 Å². The number of hydrogen-bond acceptors (Lipinski definition) is 1. The fourth-order valence-electron chi connectivity index (χ4n) is 6.31. The molecule has 27 heavy (non-hydrogen) atoms. The molecule has 0 N–H and O–H groups in total. The molecule has 3 aliphatic rings. The molecule has 158 valence electrons. The minimum atomic E-state index is -1.66. The summed E-state index contributed by atoms with van der Waals surface area (Å²) >= 11 is 0. The van der Waals surface area contributed by atoms with Crippen molar-refractivity contribution in [3.63, 3.8) is 0 Å². The zero-order valence-corrected chi connectivity index (χ0v) is 17.2. The maximum atomic E-state index is 15.0. The molecule has 0 aromatic heterocycles. The van der Waals surface area contributed by atoms with Crippen molar-refractivity contribution in [2.24, 2.45) is 29.6 Å². The quantitative estimate of drug-likeness (QED) is 0.434. The van der Waals surface area contributed by atoms with E-state index in [1.54, 1.807) is 0 Å². The van der Waals surface area contributed by atoms with E-state index in [-0.39, 0.29) is 11.8 Å². The number of ether oxygens (including phenoxy) is 1. The molecule has 0 spiro atoms. The van der Waals surface area contributed by atoms with Gasteiger partial charge in [-0.25, -0.2) is 13.2 Å². The van der Waals surface area contributed by atoms with Gasteiger partial charge in [-0.3, -0.25) is 0 Å². The first-order valence-electron chi connectivity index (χ1n) is 11.6. The monoisotopic (exact) mass is 388 g/mol. The van der Waals surface area contributed by atoms with Crippen LogP contribution in [0.5, 0.6) is 0 Å². The molecule has 0 radical (unpaired) electrons. The second kappa shape index (κ2) is 9.98. The Hall–Kier alpha value is -0.250. The molecule has 0 bridgehead atoms. The Morgan fingerprint density at radius 1 is 0.778 bits per heavy atom. The summed E-state index contributed by atoms with van der Waals surface area (Å²) < 4.78 is 50.3. The normalized spacial score (nSPS) is 45.4. The minimum absolute atomic E-state index is 0.00835. The van der Waals surface area contributed by atoms with E-state index in [1.165, 1.54) is 38.5 Å². The third-order valence-electron chi connectivity index (χ3n) is 7.84. The highest BCUT2D eigenvalue weighted by molar-refractivity contribution is 5.02. The lowest BCUT2D eigenvalue weighted by Crippen LogP contribution is -2.54. The van der Waals surface area contributed by atoms with Crippen LogP contribution in [0.25, 0.3) is 0 Å². The average molecular weight is 389 g/mol. The van der Waals surface area contributed by atoms with E-state index in [0.29, 0.717) is 25.4 Å². The molecule has 0 aromatic carbocycles. The van der Waals surface area contributed by atoms with E-state index in [1.807, 2.05) is 6.92 Å². The molecule has 0 amide bonds. The molecule has 0 aliphatic heterocycles. The molecular weight excluding hydrogens is 349 g/mol. The minimum Gasteiger partial charge on any atom is -0.375 e. The van der Waals surface area contributed by atoms with Crippen molar-refractivity contribution >= 4 is 0 Å². The first kappa shape index (κ1) is 21.5. The fourth-order valence-corrected chi connectivity index (χ4v) is 6.31. The predicted molar refractivity (Wildman–Crippen MR) is 104 cm³/mol. The number of unbranched alkanes of at least 4 members (excludes halogenated alkanes) is 2. The van der Waals surface area contributed by atoms with Crippen LogP contribution in [0, 0.1) is 29.6 Å². The van der Waals surface area contributed by atoms with Crippen molar-refractivity contribution in [3.05, 3.63) is 0 Å². The van der Waals surface area contributed by atoms with Crippen molar-refractivity contribution in [2.45, 2.75) is 109 Å². The predicted octanol–water partition coefficient (Wildman–Crippen LogP) is 6.84. The fraction of sp³-hybridized carbons (Fsp3) is 1.00. The number of rotatable bonds is 7. The van der Waals surface area contributed by atoms with Crippen molar-refractivity contribution in [3.8, 4) is 0 Å². The third-order valence-corrected chi connectivity index (χ3v) is 7.84. The summed E-state index contributed by atoms with van der Waals surface area (Å²) in [6.07, 6.45) is 6.61. The van der Waals surface area contributed by atoms with E-state index in [4.69, 9.17) is 4.74 Å². The smallest absolute Gasteiger partial charge is 0.137 e. The summed E-state index contributed by atoms with van der Waals surface area (Å²) in [6, 6.07) is 0. The molecule has 7 atom stereocenters. The highest BCUT2D eigenvalue weighted by Crippen LogP contribution is 2.51. The van der Waals surface area contributed by atoms with Gasteiger partial charge in [0.15, 0.2) is 0 Å². The van der Waals surface area contributed by atoms with E-state index in [2.05, 4.69) is 6.92 Å². The van der Waals surface area contributed by atoms with Crippen LogP contribution in [-0.2, 0) is 4.74 Å².